The molecule has 1 heterocycles. The molecule has 0 radical (unpaired) electrons. The van der Waals surface area contributed by atoms with Crippen LogP contribution in [0.15, 0.2) is 67.3 Å². The van der Waals surface area contributed by atoms with Gasteiger partial charge in [-0.15, -0.1) is 0 Å². The van der Waals surface area contributed by atoms with E-state index in [1.54, 1.807) is 0 Å². The van der Waals surface area contributed by atoms with E-state index < -0.39 is 0 Å². The molecule has 0 aromatic heterocycles. The summed E-state index contributed by atoms with van der Waals surface area (Å²) in [6.07, 6.45) is 10.9. The summed E-state index contributed by atoms with van der Waals surface area (Å²) in [4.78, 5) is 24.6. The van der Waals surface area contributed by atoms with E-state index in [4.69, 9.17) is 4.74 Å². The van der Waals surface area contributed by atoms with Crippen molar-refractivity contribution >= 4 is 11.9 Å². The predicted molar refractivity (Wildman–Crippen MR) is 153 cm³/mol. The first-order valence-electron chi connectivity index (χ1n) is 14.4. The van der Waals surface area contributed by atoms with E-state index in [9.17, 15) is 9.59 Å². The molecule has 2 aliphatic rings. The Morgan fingerprint density at radius 1 is 1.11 bits per heavy atom. The minimum Gasteiger partial charge on any atom is -0.427 e. The fraction of sp³-hybridized carbons (Fsp3) is 0.515. The van der Waals surface area contributed by atoms with Crippen LogP contribution in [-0.4, -0.2) is 49.1 Å². The molecule has 2 aromatic rings. The van der Waals surface area contributed by atoms with Gasteiger partial charge in [-0.1, -0.05) is 55.5 Å². The van der Waals surface area contributed by atoms with Crippen LogP contribution in [0.25, 0.3) is 0 Å². The highest BCUT2D eigenvalue weighted by Crippen LogP contribution is 2.50. The van der Waals surface area contributed by atoms with Gasteiger partial charge in [0.2, 0.25) is 5.91 Å². The number of nitrogens with zero attached hydrogens (tertiary/aromatic N) is 1. The third-order valence-corrected chi connectivity index (χ3v) is 8.83. The van der Waals surface area contributed by atoms with Crippen LogP contribution in [0.3, 0.4) is 0 Å². The Kier molecular flexibility index (Phi) is 9.43. The molecule has 1 saturated heterocycles. The third kappa shape index (κ3) is 7.13. The first-order valence-corrected chi connectivity index (χ1v) is 14.4. The van der Waals surface area contributed by atoms with Gasteiger partial charge in [0.15, 0.2) is 0 Å². The molecule has 204 valence electrons. The maximum Gasteiger partial charge on any atom is 0.308 e. The molecule has 0 spiro atoms. The smallest absolute Gasteiger partial charge is 0.308 e. The molecule has 38 heavy (non-hydrogen) atoms. The molecule has 2 fully saturated rings. The van der Waals surface area contributed by atoms with Gasteiger partial charge in [-0.25, -0.2) is 0 Å². The molecular formula is C33H45N2O3+. The van der Waals surface area contributed by atoms with Gasteiger partial charge in [-0.2, -0.15) is 0 Å². The van der Waals surface area contributed by atoms with E-state index in [2.05, 4.69) is 61.4 Å². The number of ether oxygens (including phenoxy) is 1. The molecule has 5 heteroatoms. The molecular weight excluding hydrogens is 472 g/mol. The summed E-state index contributed by atoms with van der Waals surface area (Å²) in [5, 5.41) is 3.40. The van der Waals surface area contributed by atoms with E-state index in [0.717, 1.165) is 75.5 Å². The van der Waals surface area contributed by atoms with Crippen LogP contribution in [0.5, 0.6) is 5.75 Å². The first-order chi connectivity index (χ1) is 18.3. The molecule has 4 rings (SSSR count). The average molecular weight is 518 g/mol. The monoisotopic (exact) mass is 517 g/mol. The lowest BCUT2D eigenvalue weighted by Crippen LogP contribution is -2.62. The topological polar surface area (TPSA) is 55.4 Å². The van der Waals surface area contributed by atoms with Gasteiger partial charge in [-0.3, -0.25) is 9.59 Å². The summed E-state index contributed by atoms with van der Waals surface area (Å²) in [5.41, 5.74) is 2.58. The van der Waals surface area contributed by atoms with Crippen LogP contribution in [0.1, 0.15) is 69.4 Å². The summed E-state index contributed by atoms with van der Waals surface area (Å²) in [6, 6.07) is 18.9. The quantitative estimate of drug-likeness (QED) is 0.131. The van der Waals surface area contributed by atoms with Crippen LogP contribution in [0, 0.1) is 5.92 Å². The second kappa shape index (κ2) is 12.8. The van der Waals surface area contributed by atoms with Crippen molar-refractivity contribution < 1.29 is 18.8 Å². The van der Waals surface area contributed by atoms with Gasteiger partial charge in [0, 0.05) is 37.1 Å². The van der Waals surface area contributed by atoms with Crippen molar-refractivity contribution in [2.45, 2.75) is 76.2 Å². The lowest BCUT2D eigenvalue weighted by atomic mass is 9.57. The highest BCUT2D eigenvalue weighted by molar-refractivity contribution is 5.76. The number of piperidine rings is 1. The van der Waals surface area contributed by atoms with Gasteiger partial charge in [0.25, 0.3) is 0 Å². The summed E-state index contributed by atoms with van der Waals surface area (Å²) < 4.78 is 6.47. The largest absolute Gasteiger partial charge is 0.427 e. The van der Waals surface area contributed by atoms with E-state index in [1.807, 2.05) is 18.2 Å². The Balaban J connectivity index is 1.39. The van der Waals surface area contributed by atoms with Crippen molar-refractivity contribution in [3.63, 3.8) is 0 Å². The van der Waals surface area contributed by atoms with Gasteiger partial charge in [-0.05, 0) is 67.9 Å². The number of carbonyl (C=O) groups excluding carboxylic acids is 2. The Bertz CT molecular complexity index is 1100. The average Bonchev–Trinajstić information content (AvgIpc) is 2.89. The van der Waals surface area contributed by atoms with Crippen molar-refractivity contribution in [1.29, 1.82) is 0 Å². The van der Waals surface area contributed by atoms with Crippen LogP contribution in [-0.2, 0) is 21.4 Å². The Labute approximate surface area is 228 Å². The molecule has 4 atom stereocenters. The van der Waals surface area contributed by atoms with E-state index in [1.165, 1.54) is 18.1 Å². The molecule has 1 amide bonds. The number of esters is 1. The summed E-state index contributed by atoms with van der Waals surface area (Å²) in [7, 11) is 2.34. The second-order valence-corrected chi connectivity index (χ2v) is 11.8. The zero-order valence-electron chi connectivity index (χ0n) is 23.3. The molecule has 1 aliphatic heterocycles. The zero-order valence-corrected chi connectivity index (χ0v) is 23.3. The minimum absolute atomic E-state index is 0.0268. The third-order valence-electron chi connectivity index (χ3n) is 8.83. The minimum atomic E-state index is -0.298. The van der Waals surface area contributed by atoms with Crippen LogP contribution < -0.4 is 10.1 Å². The normalized spacial score (nSPS) is 26.7. The Morgan fingerprint density at radius 2 is 1.92 bits per heavy atom. The van der Waals surface area contributed by atoms with Gasteiger partial charge < -0.3 is 14.5 Å². The SMILES string of the molecule is C=CC[N@@+]1(C)CC[C@@]2(c3cccc(OC(C)=O)c3)C[C@@H](NC(=O)CCCCCc3ccccc3)CCC2C1. The molecule has 1 saturated carbocycles. The maximum atomic E-state index is 12.9. The fourth-order valence-electron chi connectivity index (χ4n) is 6.92. The number of likely N-dealkylation sites (tertiary alicyclic amines) is 1. The lowest BCUT2D eigenvalue weighted by molar-refractivity contribution is -0.914. The second-order valence-electron chi connectivity index (χ2n) is 11.8. The zero-order chi connectivity index (χ0) is 27.0. The fourth-order valence-corrected chi connectivity index (χ4v) is 6.92. The van der Waals surface area contributed by atoms with Crippen molar-refractivity contribution in [1.82, 2.24) is 5.32 Å². The summed E-state index contributed by atoms with van der Waals surface area (Å²) in [6.45, 7) is 8.60. The molecule has 2 aromatic carbocycles. The van der Waals surface area contributed by atoms with Crippen LogP contribution >= 0.6 is 0 Å². The number of hydrogen-bond acceptors (Lipinski definition) is 3. The van der Waals surface area contributed by atoms with Crippen molar-refractivity contribution in [3.05, 3.63) is 78.4 Å². The number of fused-ring (bicyclic) bond motifs is 1. The highest BCUT2D eigenvalue weighted by Gasteiger charge is 2.52. The maximum absolute atomic E-state index is 12.9. The van der Waals surface area contributed by atoms with Crippen molar-refractivity contribution in [2.24, 2.45) is 5.92 Å². The van der Waals surface area contributed by atoms with E-state index in [0.29, 0.717) is 18.1 Å². The lowest BCUT2D eigenvalue weighted by Gasteiger charge is -2.55. The van der Waals surface area contributed by atoms with E-state index in [-0.39, 0.29) is 23.3 Å². The Hall–Kier alpha value is -2.92. The standard InChI is InChI=1S/C33H44N2O3/c1-4-21-35(3)22-20-33(28-15-11-16-31(23-28)38-26(2)36)24-30(19-18-29(33)25-35)34-32(37)17-10-6-9-14-27-12-7-5-8-13-27/h4-5,7-8,11-13,15-16,23,29-30H,1,6,9-10,14,17-22,24-25H2,2-3H3/p+1/t29?,30-,33-,35-/m0/s1. The van der Waals surface area contributed by atoms with Gasteiger partial charge >= 0.3 is 5.97 Å². The van der Waals surface area contributed by atoms with Crippen LogP contribution in [0.4, 0.5) is 0 Å². The van der Waals surface area contributed by atoms with E-state index >= 15 is 0 Å². The molecule has 0 bridgehead atoms. The summed E-state index contributed by atoms with van der Waals surface area (Å²) >= 11 is 0. The predicted octanol–water partition coefficient (Wildman–Crippen LogP) is 5.97. The number of unbranched alkanes of at least 4 members (excludes halogenated alkanes) is 2. The van der Waals surface area contributed by atoms with Gasteiger partial charge in [0.05, 0.1) is 26.7 Å². The van der Waals surface area contributed by atoms with Gasteiger partial charge in [0.1, 0.15) is 5.75 Å². The van der Waals surface area contributed by atoms with Crippen molar-refractivity contribution in [3.8, 4) is 5.75 Å². The number of amides is 1. The number of quaternary nitrogens is 1. The molecule has 5 nitrogen and oxygen atoms in total. The number of nitrogens with one attached hydrogen (secondary N) is 1. The first kappa shape index (κ1) is 28.1. The molecule has 1 aliphatic carbocycles. The molecule has 1 unspecified atom stereocenters. The molecule has 1 N–H and O–H groups in total. The Morgan fingerprint density at radius 3 is 2.68 bits per heavy atom. The number of benzene rings is 2. The number of likely N-dealkylation sites (N-methyl/N-ethyl adjacent to an activating group) is 1. The number of carbonyl (C=O) groups is 2. The summed E-state index contributed by atoms with van der Waals surface area (Å²) in [5.74, 6) is 1.01. The van der Waals surface area contributed by atoms with Crippen LogP contribution in [0.2, 0.25) is 0 Å². The number of aryl methyl sites for hydroxylation is 1. The number of rotatable bonds is 11. The van der Waals surface area contributed by atoms with Crippen molar-refractivity contribution in [2.75, 3.05) is 26.7 Å². The number of hydrogen-bond donors (Lipinski definition) is 1. The highest BCUT2D eigenvalue weighted by atomic mass is 16.5.